The number of nitrogens with two attached hydrogens (primary N) is 1. The van der Waals surface area contributed by atoms with Gasteiger partial charge < -0.3 is 16.4 Å². The van der Waals surface area contributed by atoms with Gasteiger partial charge in [-0.3, -0.25) is 4.79 Å². The molecule has 1 aromatic carbocycles. The van der Waals surface area contributed by atoms with Crippen LogP contribution in [0.3, 0.4) is 0 Å². The second-order valence-electron chi connectivity index (χ2n) is 5.25. The highest BCUT2D eigenvalue weighted by Gasteiger charge is 2.15. The van der Waals surface area contributed by atoms with Gasteiger partial charge in [0.1, 0.15) is 0 Å². The Balaban J connectivity index is 1.86. The normalized spacial score (nSPS) is 15.6. The molecule has 20 heavy (non-hydrogen) atoms. The summed E-state index contributed by atoms with van der Waals surface area (Å²) in [4.78, 5) is 23.1. The van der Waals surface area contributed by atoms with Crippen molar-refractivity contribution in [3.05, 3.63) is 29.8 Å². The number of nitrogens with one attached hydrogen (secondary N) is 2. The highest BCUT2D eigenvalue weighted by Crippen LogP contribution is 2.22. The molecule has 1 aliphatic carbocycles. The van der Waals surface area contributed by atoms with Crippen LogP contribution in [0.5, 0.6) is 0 Å². The molecule has 0 bridgehead atoms. The molecule has 0 atom stereocenters. The van der Waals surface area contributed by atoms with Crippen LogP contribution in [0.2, 0.25) is 0 Å². The van der Waals surface area contributed by atoms with E-state index in [1.54, 1.807) is 24.3 Å². The van der Waals surface area contributed by atoms with Gasteiger partial charge in [-0.15, -0.1) is 0 Å². The van der Waals surface area contributed by atoms with Gasteiger partial charge in [0, 0.05) is 6.54 Å². The second-order valence-corrected chi connectivity index (χ2v) is 5.25. The minimum atomic E-state index is -0.548. The average molecular weight is 275 g/mol. The molecule has 4 N–H and O–H groups in total. The summed E-state index contributed by atoms with van der Waals surface area (Å²) in [5.41, 5.74) is 6.04. The van der Waals surface area contributed by atoms with Gasteiger partial charge in [0.05, 0.1) is 11.3 Å². The first-order valence-electron chi connectivity index (χ1n) is 7.10. The molecule has 0 aromatic heterocycles. The molecule has 3 amide bonds. The van der Waals surface area contributed by atoms with Gasteiger partial charge in [0.15, 0.2) is 0 Å². The van der Waals surface area contributed by atoms with E-state index in [0.29, 0.717) is 23.7 Å². The molecular weight excluding hydrogens is 254 g/mol. The fraction of sp³-hybridized carbons (Fsp3) is 0.467. The molecular formula is C15H21N3O2. The molecule has 0 unspecified atom stereocenters. The third-order valence-corrected chi connectivity index (χ3v) is 3.72. The summed E-state index contributed by atoms with van der Waals surface area (Å²) in [7, 11) is 0. The minimum Gasteiger partial charge on any atom is -0.366 e. The summed E-state index contributed by atoms with van der Waals surface area (Å²) < 4.78 is 0. The largest absolute Gasteiger partial charge is 0.366 e. The van der Waals surface area contributed by atoms with Gasteiger partial charge in [-0.1, -0.05) is 31.4 Å². The maximum atomic E-state index is 11.9. The maximum Gasteiger partial charge on any atom is 0.319 e. The average Bonchev–Trinajstić information content (AvgIpc) is 2.46. The van der Waals surface area contributed by atoms with Crippen LogP contribution < -0.4 is 16.4 Å². The monoisotopic (exact) mass is 275 g/mol. The van der Waals surface area contributed by atoms with Crippen molar-refractivity contribution in [2.75, 3.05) is 11.9 Å². The summed E-state index contributed by atoms with van der Waals surface area (Å²) >= 11 is 0. The Bertz CT molecular complexity index is 482. The van der Waals surface area contributed by atoms with E-state index in [9.17, 15) is 9.59 Å². The van der Waals surface area contributed by atoms with E-state index in [-0.39, 0.29) is 6.03 Å². The zero-order chi connectivity index (χ0) is 14.4. The highest BCUT2D eigenvalue weighted by atomic mass is 16.2. The van der Waals surface area contributed by atoms with Crippen LogP contribution in [0, 0.1) is 5.92 Å². The lowest BCUT2D eigenvalue weighted by molar-refractivity contribution is 0.100. The summed E-state index contributed by atoms with van der Waals surface area (Å²) in [5.74, 6) is 0.0223. The van der Waals surface area contributed by atoms with E-state index in [0.717, 1.165) is 0 Å². The molecule has 0 radical (unpaired) electrons. The molecule has 1 fully saturated rings. The van der Waals surface area contributed by atoms with E-state index in [1.807, 2.05) is 0 Å². The Kier molecular flexibility index (Phi) is 4.98. The van der Waals surface area contributed by atoms with Crippen molar-refractivity contribution in [3.8, 4) is 0 Å². The number of primary amides is 1. The van der Waals surface area contributed by atoms with Gasteiger partial charge in [-0.2, -0.15) is 0 Å². The topological polar surface area (TPSA) is 84.2 Å². The highest BCUT2D eigenvalue weighted by molar-refractivity contribution is 6.02. The number of rotatable bonds is 4. The third-order valence-electron chi connectivity index (χ3n) is 3.72. The van der Waals surface area contributed by atoms with Crippen molar-refractivity contribution < 1.29 is 9.59 Å². The van der Waals surface area contributed by atoms with Crippen molar-refractivity contribution in [1.82, 2.24) is 5.32 Å². The molecule has 2 rings (SSSR count). The number of benzene rings is 1. The molecule has 108 valence electrons. The van der Waals surface area contributed by atoms with Crippen LogP contribution in [0.4, 0.5) is 10.5 Å². The number of hydrogen-bond acceptors (Lipinski definition) is 2. The van der Waals surface area contributed by atoms with E-state index >= 15 is 0 Å². The summed E-state index contributed by atoms with van der Waals surface area (Å²) in [6, 6.07) is 6.44. The Morgan fingerprint density at radius 2 is 1.85 bits per heavy atom. The van der Waals surface area contributed by atoms with Crippen LogP contribution in [0.25, 0.3) is 0 Å². The zero-order valence-electron chi connectivity index (χ0n) is 11.5. The van der Waals surface area contributed by atoms with Crippen LogP contribution in [0.1, 0.15) is 42.5 Å². The lowest BCUT2D eigenvalue weighted by Gasteiger charge is -2.21. The predicted octanol–water partition coefficient (Wildman–Crippen LogP) is 2.49. The van der Waals surface area contributed by atoms with Crippen LogP contribution >= 0.6 is 0 Å². The first kappa shape index (κ1) is 14.4. The molecule has 1 aromatic rings. The lowest BCUT2D eigenvalue weighted by Crippen LogP contribution is -2.34. The van der Waals surface area contributed by atoms with Crippen molar-refractivity contribution in [1.29, 1.82) is 0 Å². The summed E-state index contributed by atoms with van der Waals surface area (Å²) in [6.07, 6.45) is 6.15. The number of anilines is 1. The first-order chi connectivity index (χ1) is 9.66. The van der Waals surface area contributed by atoms with Crippen molar-refractivity contribution in [2.24, 2.45) is 11.7 Å². The molecule has 1 aliphatic rings. The number of carbonyl (C=O) groups excluding carboxylic acids is 2. The Hall–Kier alpha value is -2.04. The SMILES string of the molecule is NC(=O)c1ccccc1NC(=O)NCC1CCCCC1. The molecule has 0 saturated heterocycles. The first-order valence-corrected chi connectivity index (χ1v) is 7.10. The molecule has 0 spiro atoms. The quantitative estimate of drug-likeness (QED) is 0.788. The van der Waals surface area contributed by atoms with E-state index in [2.05, 4.69) is 10.6 Å². The minimum absolute atomic E-state index is 0.288. The number of amides is 3. The van der Waals surface area contributed by atoms with E-state index in [4.69, 9.17) is 5.73 Å². The predicted molar refractivity (Wildman–Crippen MR) is 78.6 cm³/mol. The lowest BCUT2D eigenvalue weighted by atomic mass is 9.89. The van der Waals surface area contributed by atoms with Gasteiger partial charge in [-0.25, -0.2) is 4.79 Å². The zero-order valence-corrected chi connectivity index (χ0v) is 11.5. The fourth-order valence-electron chi connectivity index (χ4n) is 2.60. The number of para-hydroxylation sites is 1. The van der Waals surface area contributed by atoms with Gasteiger partial charge >= 0.3 is 6.03 Å². The van der Waals surface area contributed by atoms with E-state index in [1.165, 1.54) is 32.1 Å². The number of urea groups is 1. The molecule has 0 aliphatic heterocycles. The van der Waals surface area contributed by atoms with Crippen LogP contribution in [0.15, 0.2) is 24.3 Å². The van der Waals surface area contributed by atoms with Crippen molar-refractivity contribution in [2.45, 2.75) is 32.1 Å². The van der Waals surface area contributed by atoms with Gasteiger partial charge in [0.2, 0.25) is 0 Å². The standard InChI is InChI=1S/C15H21N3O2/c16-14(19)12-8-4-5-9-13(12)18-15(20)17-10-11-6-2-1-3-7-11/h4-5,8-9,11H,1-3,6-7,10H2,(H2,16,19)(H2,17,18,20). The van der Waals surface area contributed by atoms with Crippen molar-refractivity contribution >= 4 is 17.6 Å². The number of carbonyl (C=O) groups is 2. The van der Waals surface area contributed by atoms with Crippen molar-refractivity contribution in [3.63, 3.8) is 0 Å². The Labute approximate surface area is 118 Å². The van der Waals surface area contributed by atoms with Gasteiger partial charge in [-0.05, 0) is 30.9 Å². The smallest absolute Gasteiger partial charge is 0.319 e. The summed E-state index contributed by atoms with van der Waals surface area (Å²) in [5, 5.41) is 5.55. The molecule has 5 heteroatoms. The Morgan fingerprint density at radius 1 is 1.15 bits per heavy atom. The Morgan fingerprint density at radius 3 is 2.55 bits per heavy atom. The fourth-order valence-corrected chi connectivity index (χ4v) is 2.60. The molecule has 1 saturated carbocycles. The van der Waals surface area contributed by atoms with Crippen LogP contribution in [-0.4, -0.2) is 18.5 Å². The second kappa shape index (κ2) is 6.93. The van der Waals surface area contributed by atoms with E-state index < -0.39 is 5.91 Å². The third kappa shape index (κ3) is 3.98. The molecule has 0 heterocycles. The van der Waals surface area contributed by atoms with Crippen LogP contribution in [-0.2, 0) is 0 Å². The molecule has 5 nitrogen and oxygen atoms in total. The maximum absolute atomic E-state index is 11.9. The number of hydrogen-bond donors (Lipinski definition) is 3. The van der Waals surface area contributed by atoms with Gasteiger partial charge in [0.25, 0.3) is 5.91 Å². The summed E-state index contributed by atoms with van der Waals surface area (Å²) in [6.45, 7) is 0.685.